The van der Waals surface area contributed by atoms with Gasteiger partial charge < -0.3 is 24.7 Å². The molecule has 1 aliphatic rings. The Morgan fingerprint density at radius 2 is 1.91 bits per heavy atom. The minimum absolute atomic E-state index is 0.0257. The number of methoxy groups -OCH3 is 2. The molecule has 0 saturated heterocycles. The zero-order valence-electron chi connectivity index (χ0n) is 20.0. The van der Waals surface area contributed by atoms with Crippen molar-refractivity contribution in [3.05, 3.63) is 35.7 Å². The van der Waals surface area contributed by atoms with Crippen LogP contribution in [0.3, 0.4) is 0 Å². The van der Waals surface area contributed by atoms with E-state index < -0.39 is 0 Å². The minimum Gasteiger partial charge on any atom is -0.493 e. The molecule has 9 nitrogen and oxygen atoms in total. The lowest BCUT2D eigenvalue weighted by molar-refractivity contribution is -0.119. The number of hydrogen-bond donors (Lipinski definition) is 2. The Labute approximate surface area is 204 Å². The van der Waals surface area contributed by atoms with Crippen LogP contribution in [0.2, 0.25) is 0 Å². The van der Waals surface area contributed by atoms with Crippen molar-refractivity contribution >= 4 is 29.7 Å². The van der Waals surface area contributed by atoms with Crippen LogP contribution in [0.25, 0.3) is 6.08 Å². The maximum Gasteiger partial charge on any atom is 0.244 e. The van der Waals surface area contributed by atoms with Crippen LogP contribution in [-0.2, 0) is 22.7 Å². The SMILES string of the molecule is CCn1c(CNC(=O)C=Cc2ccc(OC)c(OC)c2)nnc1SCC(=O)NC1CCCCC1. The normalized spacial score (nSPS) is 14.2. The van der Waals surface area contributed by atoms with E-state index in [-0.39, 0.29) is 18.4 Å². The predicted molar refractivity (Wildman–Crippen MR) is 132 cm³/mol. The second-order valence-electron chi connectivity index (χ2n) is 8.00. The Morgan fingerprint density at radius 3 is 2.62 bits per heavy atom. The number of aromatic nitrogens is 3. The lowest BCUT2D eigenvalue weighted by Crippen LogP contribution is -2.37. The topological polar surface area (TPSA) is 107 Å². The number of amides is 2. The smallest absolute Gasteiger partial charge is 0.244 e. The first-order valence-electron chi connectivity index (χ1n) is 11.6. The molecule has 1 aromatic carbocycles. The van der Waals surface area contributed by atoms with Crippen molar-refractivity contribution in [2.24, 2.45) is 0 Å². The molecule has 2 N–H and O–H groups in total. The molecule has 0 radical (unpaired) electrons. The quantitative estimate of drug-likeness (QED) is 0.370. The van der Waals surface area contributed by atoms with E-state index in [9.17, 15) is 9.59 Å². The third-order valence-electron chi connectivity index (χ3n) is 5.67. The van der Waals surface area contributed by atoms with Crippen LogP contribution in [0.4, 0.5) is 0 Å². The highest BCUT2D eigenvalue weighted by atomic mass is 32.2. The van der Waals surface area contributed by atoms with E-state index in [1.807, 2.05) is 17.6 Å². The lowest BCUT2D eigenvalue weighted by Gasteiger charge is -2.22. The summed E-state index contributed by atoms with van der Waals surface area (Å²) >= 11 is 1.37. The summed E-state index contributed by atoms with van der Waals surface area (Å²) < 4.78 is 12.4. The number of rotatable bonds is 11. The Morgan fingerprint density at radius 1 is 1.15 bits per heavy atom. The average Bonchev–Trinajstić information content (AvgIpc) is 3.27. The first kappa shape index (κ1) is 25.6. The molecule has 1 aliphatic carbocycles. The van der Waals surface area contributed by atoms with Crippen LogP contribution in [-0.4, -0.2) is 52.6 Å². The van der Waals surface area contributed by atoms with Gasteiger partial charge in [-0.2, -0.15) is 0 Å². The first-order valence-corrected chi connectivity index (χ1v) is 12.5. The zero-order chi connectivity index (χ0) is 24.3. The molecule has 3 rings (SSSR count). The Hall–Kier alpha value is -3.01. The summed E-state index contributed by atoms with van der Waals surface area (Å²) in [5, 5.41) is 15.0. The number of ether oxygens (including phenoxy) is 2. The molecule has 1 heterocycles. The molecule has 1 saturated carbocycles. The fraction of sp³-hybridized carbons (Fsp3) is 0.500. The number of carbonyl (C=O) groups is 2. The molecule has 184 valence electrons. The number of benzene rings is 1. The number of nitrogens with one attached hydrogen (secondary N) is 2. The molecule has 1 aromatic heterocycles. The molecule has 0 aliphatic heterocycles. The van der Waals surface area contributed by atoms with E-state index >= 15 is 0 Å². The van der Waals surface area contributed by atoms with Crippen molar-refractivity contribution in [1.82, 2.24) is 25.4 Å². The molecule has 2 amide bonds. The highest BCUT2D eigenvalue weighted by Crippen LogP contribution is 2.28. The van der Waals surface area contributed by atoms with Gasteiger partial charge in [0.2, 0.25) is 11.8 Å². The molecule has 34 heavy (non-hydrogen) atoms. The number of carbonyl (C=O) groups excluding carboxylic acids is 2. The van der Waals surface area contributed by atoms with Gasteiger partial charge in [0.25, 0.3) is 0 Å². The van der Waals surface area contributed by atoms with Gasteiger partial charge in [-0.3, -0.25) is 9.59 Å². The maximum atomic E-state index is 12.3. The average molecular weight is 488 g/mol. The number of thioether (sulfide) groups is 1. The van der Waals surface area contributed by atoms with Gasteiger partial charge in [0, 0.05) is 18.7 Å². The molecule has 0 bridgehead atoms. The van der Waals surface area contributed by atoms with Crippen molar-refractivity contribution in [3.8, 4) is 11.5 Å². The maximum absolute atomic E-state index is 12.3. The van der Waals surface area contributed by atoms with Crippen LogP contribution in [0.15, 0.2) is 29.4 Å². The van der Waals surface area contributed by atoms with E-state index in [0.29, 0.717) is 40.8 Å². The standard InChI is InChI=1S/C24H33N5O4S/c1-4-29-21(27-28-24(29)34-16-23(31)26-18-8-6-5-7-9-18)15-25-22(30)13-11-17-10-12-19(32-2)20(14-17)33-3/h10-14,18H,4-9,15-16H2,1-3H3,(H,25,30)(H,26,31). The lowest BCUT2D eigenvalue weighted by atomic mass is 9.95. The van der Waals surface area contributed by atoms with Crippen molar-refractivity contribution in [3.63, 3.8) is 0 Å². The molecular weight excluding hydrogens is 454 g/mol. The van der Waals surface area contributed by atoms with Gasteiger partial charge in [0.1, 0.15) is 0 Å². The van der Waals surface area contributed by atoms with Gasteiger partial charge in [-0.15, -0.1) is 10.2 Å². The number of hydrogen-bond acceptors (Lipinski definition) is 7. The van der Waals surface area contributed by atoms with Crippen LogP contribution >= 0.6 is 11.8 Å². The van der Waals surface area contributed by atoms with Crippen LogP contribution < -0.4 is 20.1 Å². The zero-order valence-corrected chi connectivity index (χ0v) is 20.8. The summed E-state index contributed by atoms with van der Waals surface area (Å²) in [6.07, 6.45) is 8.90. The summed E-state index contributed by atoms with van der Waals surface area (Å²) in [6.45, 7) is 2.87. The van der Waals surface area contributed by atoms with Crippen LogP contribution in [0, 0.1) is 0 Å². The van der Waals surface area contributed by atoms with Gasteiger partial charge in [0.05, 0.1) is 26.5 Å². The summed E-state index contributed by atoms with van der Waals surface area (Å²) in [5.41, 5.74) is 0.815. The fourth-order valence-electron chi connectivity index (χ4n) is 3.87. The third kappa shape index (κ3) is 7.24. The first-order chi connectivity index (χ1) is 16.5. The van der Waals surface area contributed by atoms with E-state index in [0.717, 1.165) is 18.4 Å². The van der Waals surface area contributed by atoms with Gasteiger partial charge >= 0.3 is 0 Å². The summed E-state index contributed by atoms with van der Waals surface area (Å²) in [7, 11) is 3.14. The van der Waals surface area contributed by atoms with Crippen molar-refractivity contribution in [2.75, 3.05) is 20.0 Å². The molecule has 0 unspecified atom stereocenters. The van der Waals surface area contributed by atoms with Crippen LogP contribution in [0.5, 0.6) is 11.5 Å². The van der Waals surface area contributed by atoms with Crippen molar-refractivity contribution in [1.29, 1.82) is 0 Å². The van der Waals surface area contributed by atoms with Crippen molar-refractivity contribution < 1.29 is 19.1 Å². The highest BCUT2D eigenvalue weighted by Gasteiger charge is 2.17. The summed E-state index contributed by atoms with van der Waals surface area (Å²) in [5.74, 6) is 1.95. The molecule has 2 aromatic rings. The van der Waals surface area contributed by atoms with E-state index in [2.05, 4.69) is 20.8 Å². The Kier molecular flexibility index (Phi) is 9.81. The molecular formula is C24H33N5O4S. The van der Waals surface area contributed by atoms with Gasteiger partial charge in [0.15, 0.2) is 22.5 Å². The van der Waals surface area contributed by atoms with Crippen molar-refractivity contribution in [2.45, 2.75) is 63.3 Å². The second-order valence-corrected chi connectivity index (χ2v) is 8.94. The molecule has 10 heteroatoms. The summed E-state index contributed by atoms with van der Waals surface area (Å²) in [4.78, 5) is 24.6. The largest absolute Gasteiger partial charge is 0.493 e. The van der Waals surface area contributed by atoms with Gasteiger partial charge in [-0.25, -0.2) is 0 Å². The predicted octanol–water partition coefficient (Wildman–Crippen LogP) is 3.19. The third-order valence-corrected chi connectivity index (χ3v) is 6.63. The minimum atomic E-state index is -0.249. The molecule has 0 spiro atoms. The van der Waals surface area contributed by atoms with E-state index in [1.54, 1.807) is 32.4 Å². The van der Waals surface area contributed by atoms with Crippen LogP contribution in [0.1, 0.15) is 50.4 Å². The Balaban J connectivity index is 1.50. The number of nitrogens with zero attached hydrogens (tertiary/aromatic N) is 3. The van der Waals surface area contributed by atoms with Gasteiger partial charge in [-0.1, -0.05) is 37.1 Å². The second kappa shape index (κ2) is 13.0. The summed E-state index contributed by atoms with van der Waals surface area (Å²) in [6, 6.07) is 5.72. The van der Waals surface area contributed by atoms with E-state index in [4.69, 9.17) is 9.47 Å². The molecule has 1 fully saturated rings. The van der Waals surface area contributed by atoms with Gasteiger partial charge in [-0.05, 0) is 43.5 Å². The molecule has 0 atom stereocenters. The fourth-order valence-corrected chi connectivity index (χ4v) is 4.71. The highest BCUT2D eigenvalue weighted by molar-refractivity contribution is 7.99. The Bertz CT molecular complexity index is 1000. The van der Waals surface area contributed by atoms with E-state index in [1.165, 1.54) is 37.1 Å². The monoisotopic (exact) mass is 487 g/mol.